The summed E-state index contributed by atoms with van der Waals surface area (Å²) in [4.78, 5) is 3.93. The quantitative estimate of drug-likeness (QED) is 0.894. The summed E-state index contributed by atoms with van der Waals surface area (Å²) in [6.07, 6.45) is 4.66. The minimum Gasteiger partial charge on any atom is -0.323 e. The zero-order chi connectivity index (χ0) is 14.6. The van der Waals surface area contributed by atoms with Crippen LogP contribution in [0.4, 0.5) is 4.39 Å². The number of nitrogens with two attached hydrogens (primary N) is 1. The summed E-state index contributed by atoms with van der Waals surface area (Å²) in [5.74, 6) is -0.341. The van der Waals surface area contributed by atoms with E-state index in [-0.39, 0.29) is 17.3 Å². The van der Waals surface area contributed by atoms with Crippen LogP contribution in [0, 0.1) is 5.82 Å². The van der Waals surface area contributed by atoms with Crippen LogP contribution in [0.5, 0.6) is 0 Å². The third-order valence-corrected chi connectivity index (χ3v) is 4.29. The molecule has 106 valence electrons. The van der Waals surface area contributed by atoms with Crippen LogP contribution in [0.25, 0.3) is 0 Å². The van der Waals surface area contributed by atoms with Gasteiger partial charge in [-0.1, -0.05) is 44.2 Å². The summed E-state index contributed by atoms with van der Waals surface area (Å²) < 4.78 is 13.4. The van der Waals surface area contributed by atoms with Gasteiger partial charge in [0.05, 0.1) is 6.20 Å². The fourth-order valence-electron chi connectivity index (χ4n) is 2.97. The third kappa shape index (κ3) is 2.59. The SMILES string of the molecule is CCC(CC)(c1ccccc1)C(N)c1cncc(F)c1. The van der Waals surface area contributed by atoms with Crippen LogP contribution in [-0.2, 0) is 5.41 Å². The second kappa shape index (κ2) is 6.14. The van der Waals surface area contributed by atoms with E-state index in [1.807, 2.05) is 18.2 Å². The molecule has 1 heterocycles. The molecule has 0 aliphatic rings. The summed E-state index contributed by atoms with van der Waals surface area (Å²) in [6.45, 7) is 4.26. The third-order valence-electron chi connectivity index (χ3n) is 4.29. The number of hydrogen-bond acceptors (Lipinski definition) is 2. The number of hydrogen-bond donors (Lipinski definition) is 1. The average molecular weight is 272 g/mol. The summed E-state index contributed by atoms with van der Waals surface area (Å²) in [7, 11) is 0. The minimum absolute atomic E-state index is 0.198. The van der Waals surface area contributed by atoms with Gasteiger partial charge in [-0.05, 0) is 30.0 Å². The van der Waals surface area contributed by atoms with Crippen LogP contribution < -0.4 is 5.73 Å². The Morgan fingerprint density at radius 3 is 2.35 bits per heavy atom. The van der Waals surface area contributed by atoms with Crippen molar-refractivity contribution in [2.45, 2.75) is 38.1 Å². The summed E-state index contributed by atoms with van der Waals surface area (Å²) in [5, 5.41) is 0. The zero-order valence-corrected chi connectivity index (χ0v) is 12.0. The first-order valence-electron chi connectivity index (χ1n) is 7.05. The van der Waals surface area contributed by atoms with Gasteiger partial charge in [0.2, 0.25) is 0 Å². The Labute approximate surface area is 119 Å². The van der Waals surface area contributed by atoms with Crippen molar-refractivity contribution in [1.82, 2.24) is 4.98 Å². The molecule has 0 aliphatic heterocycles. The molecule has 1 unspecified atom stereocenters. The minimum atomic E-state index is -0.341. The number of pyridine rings is 1. The molecule has 2 nitrogen and oxygen atoms in total. The van der Waals surface area contributed by atoms with Crippen molar-refractivity contribution in [2.75, 3.05) is 0 Å². The molecular formula is C17H21FN2. The maximum absolute atomic E-state index is 13.4. The van der Waals surface area contributed by atoms with E-state index < -0.39 is 0 Å². The van der Waals surface area contributed by atoms with Crippen LogP contribution >= 0.6 is 0 Å². The summed E-state index contributed by atoms with van der Waals surface area (Å²) in [5.41, 5.74) is 8.24. The molecule has 1 aromatic heterocycles. The number of nitrogens with zero attached hydrogens (tertiary/aromatic N) is 1. The van der Waals surface area contributed by atoms with E-state index in [4.69, 9.17) is 5.73 Å². The van der Waals surface area contributed by atoms with E-state index in [1.54, 1.807) is 6.20 Å². The topological polar surface area (TPSA) is 38.9 Å². The van der Waals surface area contributed by atoms with Crippen molar-refractivity contribution in [3.8, 4) is 0 Å². The zero-order valence-electron chi connectivity index (χ0n) is 12.0. The van der Waals surface area contributed by atoms with E-state index in [0.717, 1.165) is 18.4 Å². The molecule has 1 atom stereocenters. The van der Waals surface area contributed by atoms with Gasteiger partial charge in [0.25, 0.3) is 0 Å². The van der Waals surface area contributed by atoms with Gasteiger partial charge in [-0.15, -0.1) is 0 Å². The van der Waals surface area contributed by atoms with Gasteiger partial charge in [0, 0.05) is 17.7 Å². The first-order valence-corrected chi connectivity index (χ1v) is 7.05. The monoisotopic (exact) mass is 272 g/mol. The van der Waals surface area contributed by atoms with Crippen molar-refractivity contribution < 1.29 is 4.39 Å². The summed E-state index contributed by atoms with van der Waals surface area (Å²) in [6, 6.07) is 11.4. The molecule has 0 aliphatic carbocycles. The molecule has 20 heavy (non-hydrogen) atoms. The molecule has 0 bridgehead atoms. The fraction of sp³-hybridized carbons (Fsp3) is 0.353. The van der Waals surface area contributed by atoms with Crippen molar-refractivity contribution in [2.24, 2.45) is 5.73 Å². The smallest absolute Gasteiger partial charge is 0.141 e. The first kappa shape index (κ1) is 14.7. The van der Waals surface area contributed by atoms with Gasteiger partial charge >= 0.3 is 0 Å². The van der Waals surface area contributed by atoms with Gasteiger partial charge in [-0.25, -0.2) is 4.39 Å². The van der Waals surface area contributed by atoms with Crippen LogP contribution in [0.2, 0.25) is 0 Å². The highest BCUT2D eigenvalue weighted by Gasteiger charge is 2.36. The number of benzene rings is 1. The molecule has 0 radical (unpaired) electrons. The number of halogens is 1. The van der Waals surface area contributed by atoms with Gasteiger partial charge in [-0.2, -0.15) is 0 Å². The molecule has 2 N–H and O–H groups in total. The molecule has 2 aromatic rings. The highest BCUT2D eigenvalue weighted by Crippen LogP contribution is 2.41. The van der Waals surface area contributed by atoms with Crippen molar-refractivity contribution in [3.63, 3.8) is 0 Å². The van der Waals surface area contributed by atoms with E-state index in [9.17, 15) is 4.39 Å². The van der Waals surface area contributed by atoms with E-state index in [1.165, 1.54) is 17.8 Å². The average Bonchev–Trinajstić information content (AvgIpc) is 2.50. The largest absolute Gasteiger partial charge is 0.323 e. The normalized spacial score (nSPS) is 13.2. The van der Waals surface area contributed by atoms with Gasteiger partial charge in [0.1, 0.15) is 5.82 Å². The Morgan fingerprint density at radius 2 is 1.80 bits per heavy atom. The van der Waals surface area contributed by atoms with Crippen molar-refractivity contribution in [1.29, 1.82) is 0 Å². The Morgan fingerprint density at radius 1 is 1.15 bits per heavy atom. The predicted molar refractivity (Wildman–Crippen MR) is 79.8 cm³/mol. The highest BCUT2D eigenvalue weighted by atomic mass is 19.1. The molecule has 0 fully saturated rings. The van der Waals surface area contributed by atoms with Gasteiger partial charge in [-0.3, -0.25) is 4.98 Å². The second-order valence-corrected chi connectivity index (χ2v) is 5.14. The lowest BCUT2D eigenvalue weighted by Crippen LogP contribution is -2.38. The molecule has 3 heteroatoms. The van der Waals surface area contributed by atoms with Crippen LogP contribution in [0.3, 0.4) is 0 Å². The lowest BCUT2D eigenvalue weighted by atomic mass is 9.68. The predicted octanol–water partition coefficient (Wildman–Crippen LogP) is 3.98. The fourth-order valence-corrected chi connectivity index (χ4v) is 2.97. The molecule has 0 spiro atoms. The van der Waals surface area contributed by atoms with Crippen LogP contribution in [0.15, 0.2) is 48.8 Å². The molecule has 0 saturated carbocycles. The second-order valence-electron chi connectivity index (χ2n) is 5.14. The van der Waals surface area contributed by atoms with E-state index in [0.29, 0.717) is 0 Å². The van der Waals surface area contributed by atoms with Crippen LogP contribution in [-0.4, -0.2) is 4.98 Å². The first-order chi connectivity index (χ1) is 9.64. The molecule has 2 rings (SSSR count). The number of aromatic nitrogens is 1. The van der Waals surface area contributed by atoms with Crippen LogP contribution in [0.1, 0.15) is 43.9 Å². The van der Waals surface area contributed by atoms with Gasteiger partial charge < -0.3 is 5.73 Å². The molecule has 0 amide bonds. The van der Waals surface area contributed by atoms with Gasteiger partial charge in [0.15, 0.2) is 0 Å². The summed E-state index contributed by atoms with van der Waals surface area (Å²) >= 11 is 0. The maximum Gasteiger partial charge on any atom is 0.141 e. The molecule has 1 aromatic carbocycles. The Kier molecular flexibility index (Phi) is 4.50. The maximum atomic E-state index is 13.4. The lowest BCUT2D eigenvalue weighted by molar-refractivity contribution is 0.321. The van der Waals surface area contributed by atoms with Crippen molar-refractivity contribution >= 4 is 0 Å². The highest BCUT2D eigenvalue weighted by molar-refractivity contribution is 5.32. The standard InChI is InChI=1S/C17H21FN2/c1-3-17(4-2,14-8-6-5-7-9-14)16(19)13-10-15(18)12-20-11-13/h5-12,16H,3-4,19H2,1-2H3. The van der Waals surface area contributed by atoms with E-state index in [2.05, 4.69) is 31.0 Å². The number of rotatable bonds is 5. The van der Waals surface area contributed by atoms with Crippen molar-refractivity contribution in [3.05, 3.63) is 65.7 Å². The Balaban J connectivity index is 2.48. The van der Waals surface area contributed by atoms with E-state index >= 15 is 0 Å². The molecule has 0 saturated heterocycles. The lowest BCUT2D eigenvalue weighted by Gasteiger charge is -2.38. The molecular weight excluding hydrogens is 251 g/mol. The Bertz CT molecular complexity index is 550. The Hall–Kier alpha value is -1.74.